The lowest BCUT2D eigenvalue weighted by Gasteiger charge is -2.21. The summed E-state index contributed by atoms with van der Waals surface area (Å²) in [5.74, 6) is -2.67. The molecule has 7 heteroatoms. The molecule has 1 atom stereocenters. The van der Waals surface area contributed by atoms with Gasteiger partial charge >= 0.3 is 18.0 Å². The van der Waals surface area contributed by atoms with Crippen molar-refractivity contribution in [3.05, 3.63) is 35.4 Å². The van der Waals surface area contributed by atoms with Crippen LogP contribution in [0.3, 0.4) is 0 Å². The van der Waals surface area contributed by atoms with Crippen molar-refractivity contribution in [2.45, 2.75) is 25.9 Å². The maximum Gasteiger partial charge on any atom is 0.326 e. The standard InChI is InChI=1S/C14H18N2O5/c1-9-5-3-4-6-10(9)8-16(2)14(21)15-11(13(19)20)7-12(17)18/h3-6,11H,7-8H2,1-2H3,(H,15,21)(H,17,18)(H,19,20)/t11-/m1/s1. The molecule has 0 aromatic heterocycles. The van der Waals surface area contributed by atoms with Crippen molar-refractivity contribution in [1.82, 2.24) is 10.2 Å². The van der Waals surface area contributed by atoms with Gasteiger partial charge in [0.25, 0.3) is 0 Å². The number of nitrogens with zero attached hydrogens (tertiary/aromatic N) is 1. The number of carboxylic acid groups (broad SMARTS) is 2. The second-order valence-corrected chi connectivity index (χ2v) is 4.72. The van der Waals surface area contributed by atoms with Crippen molar-refractivity contribution in [2.24, 2.45) is 0 Å². The lowest BCUT2D eigenvalue weighted by atomic mass is 10.1. The number of aryl methyl sites for hydroxylation is 1. The van der Waals surface area contributed by atoms with E-state index in [0.29, 0.717) is 6.54 Å². The van der Waals surface area contributed by atoms with Gasteiger partial charge in [-0.05, 0) is 18.1 Å². The van der Waals surface area contributed by atoms with Gasteiger partial charge in [-0.1, -0.05) is 24.3 Å². The highest BCUT2D eigenvalue weighted by Gasteiger charge is 2.24. The number of aliphatic carboxylic acids is 2. The Kier molecular flexibility index (Phi) is 5.71. The number of hydrogen-bond acceptors (Lipinski definition) is 3. The summed E-state index contributed by atoms with van der Waals surface area (Å²) in [7, 11) is 1.52. The Hall–Kier alpha value is -2.57. The molecule has 0 saturated heterocycles. The molecule has 114 valence electrons. The Morgan fingerprint density at radius 1 is 1.24 bits per heavy atom. The van der Waals surface area contributed by atoms with E-state index in [0.717, 1.165) is 11.1 Å². The Labute approximate surface area is 122 Å². The minimum absolute atomic E-state index is 0.303. The highest BCUT2D eigenvalue weighted by atomic mass is 16.4. The third-order valence-corrected chi connectivity index (χ3v) is 2.99. The zero-order chi connectivity index (χ0) is 16.0. The number of rotatable bonds is 6. The van der Waals surface area contributed by atoms with Gasteiger partial charge in [0.1, 0.15) is 6.04 Å². The molecule has 0 spiro atoms. The van der Waals surface area contributed by atoms with Crippen LogP contribution in [0.15, 0.2) is 24.3 Å². The highest BCUT2D eigenvalue weighted by Crippen LogP contribution is 2.09. The first kappa shape index (κ1) is 16.5. The van der Waals surface area contributed by atoms with Crippen LogP contribution in [-0.2, 0) is 16.1 Å². The molecule has 0 aliphatic heterocycles. The van der Waals surface area contributed by atoms with Gasteiger partial charge in [0.05, 0.1) is 6.42 Å². The first-order chi connectivity index (χ1) is 9.81. The van der Waals surface area contributed by atoms with E-state index < -0.39 is 30.4 Å². The summed E-state index contributed by atoms with van der Waals surface area (Å²) in [5, 5.41) is 19.7. The molecular weight excluding hydrogens is 276 g/mol. The maximum atomic E-state index is 11.9. The molecule has 7 nitrogen and oxygen atoms in total. The second-order valence-electron chi connectivity index (χ2n) is 4.72. The molecule has 2 amide bonds. The molecule has 0 saturated carbocycles. The maximum absolute atomic E-state index is 11.9. The summed E-state index contributed by atoms with van der Waals surface area (Å²) >= 11 is 0. The van der Waals surface area contributed by atoms with Crippen LogP contribution in [0.1, 0.15) is 17.5 Å². The van der Waals surface area contributed by atoms with Gasteiger partial charge in [0.15, 0.2) is 0 Å². The van der Waals surface area contributed by atoms with Gasteiger partial charge in [-0.3, -0.25) is 4.79 Å². The molecule has 1 aromatic rings. The van der Waals surface area contributed by atoms with Crippen molar-refractivity contribution < 1.29 is 24.6 Å². The Morgan fingerprint density at radius 3 is 2.38 bits per heavy atom. The van der Waals surface area contributed by atoms with E-state index in [2.05, 4.69) is 5.32 Å². The topological polar surface area (TPSA) is 107 Å². The average Bonchev–Trinajstić information content (AvgIpc) is 2.39. The molecule has 1 aromatic carbocycles. The van der Waals surface area contributed by atoms with Crippen molar-refractivity contribution in [1.29, 1.82) is 0 Å². The number of benzene rings is 1. The summed E-state index contributed by atoms with van der Waals surface area (Å²) in [6.07, 6.45) is -0.667. The lowest BCUT2D eigenvalue weighted by molar-refractivity contribution is -0.145. The van der Waals surface area contributed by atoms with E-state index in [9.17, 15) is 14.4 Å². The van der Waals surface area contributed by atoms with Crippen LogP contribution in [-0.4, -0.2) is 46.2 Å². The van der Waals surface area contributed by atoms with Gasteiger partial charge in [-0.15, -0.1) is 0 Å². The molecule has 0 bridgehead atoms. The fraction of sp³-hybridized carbons (Fsp3) is 0.357. The summed E-state index contributed by atoms with van der Waals surface area (Å²) in [5.41, 5.74) is 1.94. The predicted molar refractivity (Wildman–Crippen MR) is 74.9 cm³/mol. The van der Waals surface area contributed by atoms with Crippen LogP contribution in [0, 0.1) is 6.92 Å². The Balaban J connectivity index is 2.67. The molecule has 0 aliphatic rings. The molecule has 21 heavy (non-hydrogen) atoms. The zero-order valence-electron chi connectivity index (χ0n) is 11.9. The van der Waals surface area contributed by atoms with Crippen LogP contribution in [0.25, 0.3) is 0 Å². The van der Waals surface area contributed by atoms with Gasteiger partial charge in [-0.25, -0.2) is 9.59 Å². The number of nitrogens with one attached hydrogen (secondary N) is 1. The molecule has 0 unspecified atom stereocenters. The third kappa shape index (κ3) is 5.13. The SMILES string of the molecule is Cc1ccccc1CN(C)C(=O)N[C@H](CC(=O)O)C(=O)O. The predicted octanol–water partition coefficient (Wildman–Crippen LogP) is 1.06. The van der Waals surface area contributed by atoms with Gasteiger partial charge in [0, 0.05) is 13.6 Å². The quantitative estimate of drug-likeness (QED) is 0.727. The molecular formula is C14H18N2O5. The van der Waals surface area contributed by atoms with Crippen molar-refractivity contribution in [2.75, 3.05) is 7.05 Å². The average molecular weight is 294 g/mol. The van der Waals surface area contributed by atoms with E-state index in [1.807, 2.05) is 31.2 Å². The summed E-state index contributed by atoms with van der Waals surface area (Å²) in [4.78, 5) is 34.7. The van der Waals surface area contributed by atoms with E-state index in [4.69, 9.17) is 10.2 Å². The first-order valence-electron chi connectivity index (χ1n) is 6.32. The second kappa shape index (κ2) is 7.28. The van der Waals surface area contributed by atoms with Crippen LogP contribution < -0.4 is 5.32 Å². The number of carbonyl (C=O) groups excluding carboxylic acids is 1. The molecule has 3 N–H and O–H groups in total. The van der Waals surface area contributed by atoms with E-state index in [1.165, 1.54) is 11.9 Å². The molecule has 0 fully saturated rings. The number of amides is 2. The number of hydrogen-bond donors (Lipinski definition) is 3. The van der Waals surface area contributed by atoms with Crippen molar-refractivity contribution >= 4 is 18.0 Å². The summed E-state index contributed by atoms with van der Waals surface area (Å²) < 4.78 is 0. The summed E-state index contributed by atoms with van der Waals surface area (Å²) in [6, 6.07) is 5.42. The summed E-state index contributed by atoms with van der Waals surface area (Å²) in [6.45, 7) is 2.21. The minimum Gasteiger partial charge on any atom is -0.481 e. The number of carbonyl (C=O) groups is 3. The monoisotopic (exact) mass is 294 g/mol. The minimum atomic E-state index is -1.45. The number of urea groups is 1. The van der Waals surface area contributed by atoms with Crippen molar-refractivity contribution in [3.63, 3.8) is 0 Å². The lowest BCUT2D eigenvalue weighted by Crippen LogP contribution is -2.47. The van der Waals surface area contributed by atoms with Crippen LogP contribution in [0.2, 0.25) is 0 Å². The number of carboxylic acids is 2. The van der Waals surface area contributed by atoms with E-state index in [-0.39, 0.29) is 0 Å². The van der Waals surface area contributed by atoms with Crippen LogP contribution in [0.5, 0.6) is 0 Å². The van der Waals surface area contributed by atoms with Gasteiger partial charge < -0.3 is 20.4 Å². The van der Waals surface area contributed by atoms with Crippen LogP contribution in [0.4, 0.5) is 4.79 Å². The first-order valence-corrected chi connectivity index (χ1v) is 6.32. The Morgan fingerprint density at radius 2 is 1.86 bits per heavy atom. The molecule has 0 radical (unpaired) electrons. The Bertz CT molecular complexity index is 544. The molecule has 1 rings (SSSR count). The van der Waals surface area contributed by atoms with Gasteiger partial charge in [0.2, 0.25) is 0 Å². The fourth-order valence-electron chi connectivity index (χ4n) is 1.75. The van der Waals surface area contributed by atoms with Gasteiger partial charge in [-0.2, -0.15) is 0 Å². The largest absolute Gasteiger partial charge is 0.481 e. The fourth-order valence-corrected chi connectivity index (χ4v) is 1.75. The van der Waals surface area contributed by atoms with E-state index in [1.54, 1.807) is 0 Å². The van der Waals surface area contributed by atoms with Crippen LogP contribution >= 0.6 is 0 Å². The van der Waals surface area contributed by atoms with Crippen molar-refractivity contribution in [3.8, 4) is 0 Å². The molecule has 0 aliphatic carbocycles. The normalized spacial score (nSPS) is 11.5. The zero-order valence-corrected chi connectivity index (χ0v) is 11.9. The highest BCUT2D eigenvalue weighted by molar-refractivity contribution is 5.86. The smallest absolute Gasteiger partial charge is 0.326 e. The molecule has 0 heterocycles. The third-order valence-electron chi connectivity index (χ3n) is 2.99. The van der Waals surface area contributed by atoms with E-state index >= 15 is 0 Å².